The third kappa shape index (κ3) is 6.00. The third-order valence-electron chi connectivity index (χ3n) is 7.35. The van der Waals surface area contributed by atoms with Crippen LogP contribution in [0.25, 0.3) is 0 Å². The van der Waals surface area contributed by atoms with Crippen LogP contribution in [0.4, 0.5) is 9.18 Å². The van der Waals surface area contributed by atoms with Crippen molar-refractivity contribution in [3.05, 3.63) is 47.8 Å². The van der Waals surface area contributed by atoms with Gasteiger partial charge < -0.3 is 19.7 Å². The minimum Gasteiger partial charge on any atom is -0.453 e. The van der Waals surface area contributed by atoms with Gasteiger partial charge in [-0.3, -0.25) is 9.69 Å². The SMILES string of the molecule is CC(C)N(C(=O)c1cc(F)ccc1Oc1cncnc1C1N(C(=O)OC(C)(C)C)CCC12CCNC2)C(C)C. The number of aromatic nitrogens is 2. The Bertz CT molecular complexity index is 1200. The van der Waals surface area contributed by atoms with Crippen LogP contribution < -0.4 is 10.1 Å². The number of likely N-dealkylation sites (tertiary alicyclic amines) is 1. The van der Waals surface area contributed by atoms with Crippen molar-refractivity contribution in [3.63, 3.8) is 0 Å². The number of rotatable bonds is 6. The first-order valence-corrected chi connectivity index (χ1v) is 13.6. The molecule has 0 bridgehead atoms. The van der Waals surface area contributed by atoms with Gasteiger partial charge in [-0.1, -0.05) is 0 Å². The Hall–Kier alpha value is -3.27. The van der Waals surface area contributed by atoms with E-state index in [0.29, 0.717) is 18.0 Å². The van der Waals surface area contributed by atoms with E-state index in [4.69, 9.17) is 9.47 Å². The quantitative estimate of drug-likeness (QED) is 0.528. The molecule has 2 unspecified atom stereocenters. The number of hydrogen-bond acceptors (Lipinski definition) is 7. The van der Waals surface area contributed by atoms with Crippen LogP contribution in [0.15, 0.2) is 30.7 Å². The molecule has 1 aromatic carbocycles. The number of nitrogens with zero attached hydrogens (tertiary/aromatic N) is 4. The van der Waals surface area contributed by atoms with Crippen LogP contribution in [0.2, 0.25) is 0 Å². The third-order valence-corrected chi connectivity index (χ3v) is 7.35. The molecular weight excluding hydrogens is 501 g/mol. The maximum absolute atomic E-state index is 14.4. The van der Waals surface area contributed by atoms with Crippen molar-refractivity contribution in [2.45, 2.75) is 85.0 Å². The van der Waals surface area contributed by atoms with Crippen LogP contribution >= 0.6 is 0 Å². The molecule has 2 saturated heterocycles. The van der Waals surface area contributed by atoms with Crippen molar-refractivity contribution >= 4 is 12.0 Å². The highest BCUT2D eigenvalue weighted by Crippen LogP contribution is 2.52. The second-order valence-corrected chi connectivity index (χ2v) is 12.0. The maximum Gasteiger partial charge on any atom is 0.410 e. The van der Waals surface area contributed by atoms with Gasteiger partial charge >= 0.3 is 6.09 Å². The molecule has 212 valence electrons. The van der Waals surface area contributed by atoms with E-state index in [0.717, 1.165) is 25.9 Å². The highest BCUT2D eigenvalue weighted by Gasteiger charge is 2.53. The highest BCUT2D eigenvalue weighted by atomic mass is 19.1. The van der Waals surface area contributed by atoms with Gasteiger partial charge in [0, 0.05) is 30.6 Å². The minimum atomic E-state index is -0.654. The number of amides is 2. The van der Waals surface area contributed by atoms with Crippen molar-refractivity contribution in [2.75, 3.05) is 19.6 Å². The number of carbonyl (C=O) groups is 2. The standard InChI is InChI=1S/C29H40FN5O4/c1-18(2)35(19(3)4)26(36)21-14-20(30)8-9-22(21)38-23-15-32-17-33-24(23)25-29(10-12-31-16-29)11-13-34(25)27(37)39-28(5,6)7/h8-9,14-15,17-19,25,31H,10-13,16H2,1-7H3. The van der Waals surface area contributed by atoms with Crippen molar-refractivity contribution in [1.82, 2.24) is 25.1 Å². The van der Waals surface area contributed by atoms with Gasteiger partial charge in [0.1, 0.15) is 29.2 Å². The Morgan fingerprint density at radius 2 is 1.87 bits per heavy atom. The molecule has 2 fully saturated rings. The highest BCUT2D eigenvalue weighted by molar-refractivity contribution is 5.97. The average Bonchev–Trinajstić information content (AvgIpc) is 3.46. The molecule has 2 aliphatic rings. The molecule has 2 aliphatic heterocycles. The maximum atomic E-state index is 14.4. The van der Waals surface area contributed by atoms with Crippen LogP contribution in [-0.4, -0.2) is 69.1 Å². The summed E-state index contributed by atoms with van der Waals surface area (Å²) in [6.07, 6.45) is 4.19. The Morgan fingerprint density at radius 3 is 2.49 bits per heavy atom. The van der Waals surface area contributed by atoms with Crippen molar-refractivity contribution in [1.29, 1.82) is 0 Å². The van der Waals surface area contributed by atoms with E-state index < -0.39 is 23.6 Å². The molecule has 9 nitrogen and oxygen atoms in total. The summed E-state index contributed by atoms with van der Waals surface area (Å²) in [6, 6.07) is 3.28. The molecule has 2 atom stereocenters. The first-order chi connectivity index (χ1) is 18.3. The minimum absolute atomic E-state index is 0.0974. The van der Waals surface area contributed by atoms with E-state index in [1.807, 2.05) is 48.5 Å². The van der Waals surface area contributed by atoms with Gasteiger partial charge in [0.15, 0.2) is 5.75 Å². The summed E-state index contributed by atoms with van der Waals surface area (Å²) in [4.78, 5) is 39.1. The van der Waals surface area contributed by atoms with Gasteiger partial charge in [0.05, 0.1) is 17.8 Å². The summed E-state index contributed by atoms with van der Waals surface area (Å²) in [7, 11) is 0. The van der Waals surface area contributed by atoms with Crippen LogP contribution in [0, 0.1) is 11.2 Å². The Balaban J connectivity index is 1.76. The summed E-state index contributed by atoms with van der Waals surface area (Å²) in [5.41, 5.74) is -0.265. The predicted molar refractivity (Wildman–Crippen MR) is 145 cm³/mol. The van der Waals surface area contributed by atoms with Crippen molar-refractivity contribution in [2.24, 2.45) is 5.41 Å². The molecule has 1 N–H and O–H groups in total. The average molecular weight is 542 g/mol. The van der Waals surface area contributed by atoms with Gasteiger partial charge in [-0.2, -0.15) is 0 Å². The molecule has 4 rings (SSSR count). The summed E-state index contributed by atoms with van der Waals surface area (Å²) in [5, 5.41) is 3.44. The van der Waals surface area contributed by atoms with E-state index in [1.54, 1.807) is 9.80 Å². The lowest BCUT2D eigenvalue weighted by molar-refractivity contribution is 0.0160. The van der Waals surface area contributed by atoms with E-state index in [2.05, 4.69) is 15.3 Å². The molecule has 3 heterocycles. The second-order valence-electron chi connectivity index (χ2n) is 12.0. The summed E-state index contributed by atoms with van der Waals surface area (Å²) in [6.45, 7) is 15.3. The monoisotopic (exact) mass is 541 g/mol. The number of carbonyl (C=O) groups excluding carboxylic acids is 2. The Morgan fingerprint density at radius 1 is 1.15 bits per heavy atom. The van der Waals surface area contributed by atoms with Crippen molar-refractivity contribution in [3.8, 4) is 11.5 Å². The fraction of sp³-hybridized carbons (Fsp3) is 0.586. The van der Waals surface area contributed by atoms with E-state index in [1.165, 1.54) is 30.7 Å². The van der Waals surface area contributed by atoms with Gasteiger partial charge in [-0.05, 0) is 86.1 Å². The lowest BCUT2D eigenvalue weighted by atomic mass is 9.78. The zero-order chi connectivity index (χ0) is 28.5. The van der Waals surface area contributed by atoms with Gasteiger partial charge in [-0.15, -0.1) is 0 Å². The Labute approximate surface area is 230 Å². The van der Waals surface area contributed by atoms with Crippen molar-refractivity contribution < 1.29 is 23.5 Å². The Kier molecular flexibility index (Phi) is 8.16. The second kappa shape index (κ2) is 11.1. The van der Waals surface area contributed by atoms with Crippen LogP contribution in [0.5, 0.6) is 11.5 Å². The molecule has 0 radical (unpaired) electrons. The fourth-order valence-corrected chi connectivity index (χ4v) is 5.80. The normalized spacial score (nSPS) is 21.2. The lowest BCUT2D eigenvalue weighted by Crippen LogP contribution is -2.42. The predicted octanol–water partition coefficient (Wildman–Crippen LogP) is 5.33. The smallest absolute Gasteiger partial charge is 0.410 e. The number of hydrogen-bond donors (Lipinski definition) is 1. The topological polar surface area (TPSA) is 96.9 Å². The number of nitrogens with one attached hydrogen (secondary N) is 1. The van der Waals surface area contributed by atoms with Gasteiger partial charge in [-0.25, -0.2) is 19.2 Å². The zero-order valence-electron chi connectivity index (χ0n) is 24.0. The van der Waals surface area contributed by atoms with Gasteiger partial charge in [0.25, 0.3) is 5.91 Å². The molecule has 2 amide bonds. The van der Waals surface area contributed by atoms with Crippen LogP contribution in [0.1, 0.15) is 83.4 Å². The van der Waals surface area contributed by atoms with E-state index in [-0.39, 0.29) is 34.7 Å². The molecule has 1 aromatic heterocycles. The largest absolute Gasteiger partial charge is 0.453 e. The molecule has 0 saturated carbocycles. The molecule has 39 heavy (non-hydrogen) atoms. The first-order valence-electron chi connectivity index (χ1n) is 13.6. The summed E-state index contributed by atoms with van der Waals surface area (Å²) in [5.74, 6) is -0.360. The first kappa shape index (κ1) is 28.7. The summed E-state index contributed by atoms with van der Waals surface area (Å²) >= 11 is 0. The van der Waals surface area contributed by atoms with E-state index in [9.17, 15) is 14.0 Å². The number of ether oxygens (including phenoxy) is 2. The molecule has 0 aliphatic carbocycles. The molecule has 2 aromatic rings. The summed E-state index contributed by atoms with van der Waals surface area (Å²) < 4.78 is 26.5. The lowest BCUT2D eigenvalue weighted by Gasteiger charge is -2.35. The van der Waals surface area contributed by atoms with Gasteiger partial charge in [0.2, 0.25) is 0 Å². The molecular formula is C29H40FN5O4. The van der Waals surface area contributed by atoms with E-state index >= 15 is 0 Å². The zero-order valence-corrected chi connectivity index (χ0v) is 24.0. The number of benzene rings is 1. The fourth-order valence-electron chi connectivity index (χ4n) is 5.80. The van der Waals surface area contributed by atoms with Crippen LogP contribution in [0.3, 0.4) is 0 Å². The number of halogens is 1. The van der Waals surface area contributed by atoms with Crippen LogP contribution in [-0.2, 0) is 4.74 Å². The molecule has 1 spiro atoms. The molecule has 10 heteroatoms.